The zero-order valence-corrected chi connectivity index (χ0v) is 10.3. The Kier molecular flexibility index (Phi) is 4.38. The molecule has 0 aliphatic rings. The molecule has 0 aliphatic carbocycles. The van der Waals surface area contributed by atoms with Crippen LogP contribution in [0, 0.1) is 0 Å². The highest BCUT2D eigenvalue weighted by molar-refractivity contribution is 7.99. The molecule has 0 unspecified atom stereocenters. The molecule has 0 N–H and O–H groups in total. The molecule has 2 aromatic rings. The SMILES string of the molecule is O=Cc1ccc(SCCCn2ccnc2)cc1. The fraction of sp³-hybridized carbons (Fsp3) is 0.231. The van der Waals surface area contributed by atoms with Crippen molar-refractivity contribution < 1.29 is 4.79 Å². The number of nitrogens with zero attached hydrogens (tertiary/aromatic N) is 2. The first kappa shape index (κ1) is 11.9. The number of thioether (sulfide) groups is 1. The van der Waals surface area contributed by atoms with E-state index in [2.05, 4.69) is 9.55 Å². The van der Waals surface area contributed by atoms with Gasteiger partial charge in [0.25, 0.3) is 0 Å². The Balaban J connectivity index is 1.72. The minimum atomic E-state index is 0.729. The lowest BCUT2D eigenvalue weighted by Gasteiger charge is -2.03. The zero-order chi connectivity index (χ0) is 11.9. The maximum Gasteiger partial charge on any atom is 0.150 e. The van der Waals surface area contributed by atoms with Crippen molar-refractivity contribution in [1.29, 1.82) is 0 Å². The van der Waals surface area contributed by atoms with Crippen molar-refractivity contribution in [3.8, 4) is 0 Å². The monoisotopic (exact) mass is 246 g/mol. The summed E-state index contributed by atoms with van der Waals surface area (Å²) in [4.78, 5) is 15.7. The van der Waals surface area contributed by atoms with E-state index in [4.69, 9.17) is 0 Å². The first-order valence-corrected chi connectivity index (χ1v) is 6.51. The smallest absolute Gasteiger partial charge is 0.150 e. The summed E-state index contributed by atoms with van der Waals surface area (Å²) in [6.45, 7) is 0.999. The lowest BCUT2D eigenvalue weighted by atomic mass is 10.2. The van der Waals surface area contributed by atoms with E-state index in [1.807, 2.05) is 48.6 Å². The van der Waals surface area contributed by atoms with Gasteiger partial charge in [0.2, 0.25) is 0 Å². The highest BCUT2D eigenvalue weighted by Gasteiger charge is 1.95. The Hall–Kier alpha value is -1.55. The highest BCUT2D eigenvalue weighted by Crippen LogP contribution is 2.19. The van der Waals surface area contributed by atoms with Crippen LogP contribution in [0.4, 0.5) is 0 Å². The van der Waals surface area contributed by atoms with Gasteiger partial charge in [-0.15, -0.1) is 11.8 Å². The molecule has 2 rings (SSSR count). The van der Waals surface area contributed by atoms with E-state index in [1.165, 1.54) is 4.90 Å². The second-order valence-corrected chi connectivity index (χ2v) is 4.86. The quantitative estimate of drug-likeness (QED) is 0.446. The van der Waals surface area contributed by atoms with Gasteiger partial charge < -0.3 is 4.57 Å². The third kappa shape index (κ3) is 3.75. The van der Waals surface area contributed by atoms with Crippen LogP contribution in [0.15, 0.2) is 47.9 Å². The fourth-order valence-electron chi connectivity index (χ4n) is 1.50. The molecular weight excluding hydrogens is 232 g/mol. The van der Waals surface area contributed by atoms with Crippen molar-refractivity contribution in [2.24, 2.45) is 0 Å². The van der Waals surface area contributed by atoms with Crippen molar-refractivity contribution in [3.05, 3.63) is 48.5 Å². The predicted molar refractivity (Wildman–Crippen MR) is 69.4 cm³/mol. The third-order valence-electron chi connectivity index (χ3n) is 2.40. The maximum atomic E-state index is 10.5. The molecule has 0 fully saturated rings. The molecule has 3 nitrogen and oxygen atoms in total. The zero-order valence-electron chi connectivity index (χ0n) is 9.45. The molecule has 1 aromatic heterocycles. The van der Waals surface area contributed by atoms with Crippen LogP contribution in [-0.4, -0.2) is 21.6 Å². The lowest BCUT2D eigenvalue weighted by molar-refractivity contribution is 0.112. The molecule has 0 spiro atoms. The molecule has 0 amide bonds. The van der Waals surface area contributed by atoms with Crippen molar-refractivity contribution in [3.63, 3.8) is 0 Å². The second-order valence-electron chi connectivity index (χ2n) is 3.69. The van der Waals surface area contributed by atoms with Crippen LogP contribution in [0.5, 0.6) is 0 Å². The number of hydrogen-bond donors (Lipinski definition) is 0. The molecule has 0 bridgehead atoms. The standard InChI is InChI=1S/C13H14N2OS/c16-10-12-2-4-13(5-3-12)17-9-1-7-15-8-6-14-11-15/h2-6,8,10-11H,1,7,9H2. The molecule has 0 aliphatic heterocycles. The highest BCUT2D eigenvalue weighted by atomic mass is 32.2. The number of hydrogen-bond acceptors (Lipinski definition) is 3. The van der Waals surface area contributed by atoms with Gasteiger partial charge in [0.05, 0.1) is 6.33 Å². The summed E-state index contributed by atoms with van der Waals surface area (Å²) in [6, 6.07) is 7.69. The van der Waals surface area contributed by atoms with Gasteiger partial charge in [-0.2, -0.15) is 0 Å². The van der Waals surface area contributed by atoms with E-state index in [-0.39, 0.29) is 0 Å². The Morgan fingerprint density at radius 3 is 2.76 bits per heavy atom. The van der Waals surface area contributed by atoms with Crippen LogP contribution in [0.25, 0.3) is 0 Å². The first-order valence-electron chi connectivity index (χ1n) is 5.52. The molecule has 1 aromatic carbocycles. The number of carbonyl (C=O) groups excluding carboxylic acids is 1. The number of aldehydes is 1. The average molecular weight is 246 g/mol. The summed E-state index contributed by atoms with van der Waals surface area (Å²) in [5.41, 5.74) is 0.729. The average Bonchev–Trinajstić information content (AvgIpc) is 2.88. The van der Waals surface area contributed by atoms with Crippen LogP contribution in [-0.2, 0) is 6.54 Å². The summed E-state index contributed by atoms with van der Waals surface area (Å²) in [7, 11) is 0. The van der Waals surface area contributed by atoms with Gasteiger partial charge in [0.15, 0.2) is 0 Å². The maximum absolute atomic E-state index is 10.5. The molecule has 1 heterocycles. The van der Waals surface area contributed by atoms with Crippen molar-refractivity contribution >= 4 is 18.0 Å². The second kappa shape index (κ2) is 6.25. The van der Waals surface area contributed by atoms with Crippen molar-refractivity contribution in [2.75, 3.05) is 5.75 Å². The molecule has 0 saturated carbocycles. The van der Waals surface area contributed by atoms with Crippen LogP contribution in [0.1, 0.15) is 16.8 Å². The number of aromatic nitrogens is 2. The van der Waals surface area contributed by atoms with Crippen LogP contribution in [0.2, 0.25) is 0 Å². The molecule has 0 atom stereocenters. The number of imidazole rings is 1. The van der Waals surface area contributed by atoms with Gasteiger partial charge in [-0.3, -0.25) is 4.79 Å². The van der Waals surface area contributed by atoms with E-state index in [0.717, 1.165) is 30.6 Å². The van der Waals surface area contributed by atoms with Gasteiger partial charge in [-0.1, -0.05) is 12.1 Å². The molecule has 4 heteroatoms. The lowest BCUT2D eigenvalue weighted by Crippen LogP contribution is -1.95. The van der Waals surface area contributed by atoms with Gasteiger partial charge in [-0.25, -0.2) is 4.98 Å². The Bertz CT molecular complexity index is 451. The van der Waals surface area contributed by atoms with E-state index < -0.39 is 0 Å². The van der Waals surface area contributed by atoms with Crippen LogP contribution in [0.3, 0.4) is 0 Å². The normalized spacial score (nSPS) is 10.4. The number of rotatable bonds is 6. The van der Waals surface area contributed by atoms with E-state index in [9.17, 15) is 4.79 Å². The van der Waals surface area contributed by atoms with Crippen molar-refractivity contribution in [2.45, 2.75) is 17.9 Å². The summed E-state index contributed by atoms with van der Waals surface area (Å²) >= 11 is 1.81. The van der Waals surface area contributed by atoms with E-state index in [0.29, 0.717) is 0 Å². The van der Waals surface area contributed by atoms with E-state index in [1.54, 1.807) is 6.20 Å². The summed E-state index contributed by atoms with van der Waals surface area (Å²) in [6.07, 6.45) is 7.59. The minimum Gasteiger partial charge on any atom is -0.337 e. The van der Waals surface area contributed by atoms with E-state index >= 15 is 0 Å². The summed E-state index contributed by atoms with van der Waals surface area (Å²) in [5.74, 6) is 1.07. The summed E-state index contributed by atoms with van der Waals surface area (Å²) < 4.78 is 2.08. The molecule has 0 saturated heterocycles. The Morgan fingerprint density at radius 1 is 1.29 bits per heavy atom. The predicted octanol–water partition coefficient (Wildman–Crippen LogP) is 2.88. The van der Waals surface area contributed by atoms with Crippen LogP contribution < -0.4 is 0 Å². The Morgan fingerprint density at radius 2 is 2.12 bits per heavy atom. The van der Waals surface area contributed by atoms with Gasteiger partial charge in [0.1, 0.15) is 6.29 Å². The largest absolute Gasteiger partial charge is 0.337 e. The topological polar surface area (TPSA) is 34.9 Å². The Labute approximate surface area is 105 Å². The molecule has 0 radical (unpaired) electrons. The van der Waals surface area contributed by atoms with Gasteiger partial charge in [0, 0.05) is 29.4 Å². The molecular formula is C13H14N2OS. The number of carbonyl (C=O) groups is 1. The first-order chi connectivity index (χ1) is 8.38. The number of benzene rings is 1. The number of aryl methyl sites for hydroxylation is 1. The van der Waals surface area contributed by atoms with Crippen LogP contribution >= 0.6 is 11.8 Å². The minimum absolute atomic E-state index is 0.729. The molecule has 88 valence electrons. The van der Waals surface area contributed by atoms with Crippen molar-refractivity contribution in [1.82, 2.24) is 9.55 Å². The van der Waals surface area contributed by atoms with Gasteiger partial charge >= 0.3 is 0 Å². The molecule has 17 heavy (non-hydrogen) atoms. The fourth-order valence-corrected chi connectivity index (χ4v) is 2.34. The third-order valence-corrected chi connectivity index (χ3v) is 3.50. The summed E-state index contributed by atoms with van der Waals surface area (Å²) in [5, 5.41) is 0. The van der Waals surface area contributed by atoms with Gasteiger partial charge in [-0.05, 0) is 24.3 Å².